The second-order valence-electron chi connectivity index (χ2n) is 4.13. The molecule has 0 fully saturated rings. The Morgan fingerprint density at radius 2 is 2.00 bits per heavy atom. The van der Waals surface area contributed by atoms with E-state index in [9.17, 15) is 5.11 Å². The molecule has 0 bridgehead atoms. The summed E-state index contributed by atoms with van der Waals surface area (Å²) in [4.78, 5) is 10.4. The molecular weight excluding hydrogens is 218 g/mol. The Morgan fingerprint density at radius 3 is 2.65 bits per heavy atom. The maximum atomic E-state index is 9.23. The Kier molecular flexibility index (Phi) is 5.86. The van der Waals surface area contributed by atoms with Crippen molar-refractivity contribution in [3.8, 4) is 0 Å². The first-order valence-corrected chi connectivity index (χ1v) is 5.94. The van der Waals surface area contributed by atoms with E-state index in [1.165, 1.54) is 0 Å². The largest absolute Gasteiger partial charge is 0.396 e. The van der Waals surface area contributed by atoms with Crippen LogP contribution in [0.25, 0.3) is 0 Å². The maximum absolute atomic E-state index is 9.23. The third-order valence-electron chi connectivity index (χ3n) is 2.65. The number of nitrogens with zero attached hydrogens (tertiary/aromatic N) is 3. The quantitative estimate of drug-likeness (QED) is 0.691. The minimum atomic E-state index is -0.0450. The summed E-state index contributed by atoms with van der Waals surface area (Å²) in [5, 5.41) is 17.9. The molecule has 0 aliphatic heterocycles. The summed E-state index contributed by atoms with van der Waals surface area (Å²) in [5.41, 5.74) is 0.750. The highest BCUT2D eigenvalue weighted by molar-refractivity contribution is 5.44. The van der Waals surface area contributed by atoms with Crippen molar-refractivity contribution in [1.29, 1.82) is 0 Å². The number of anilines is 1. The van der Waals surface area contributed by atoms with Gasteiger partial charge in [-0.3, -0.25) is 0 Å². The molecular formula is C12H21N3O2. The number of aromatic nitrogens is 2. The lowest BCUT2D eigenvalue weighted by Crippen LogP contribution is -2.22. The molecule has 0 aromatic carbocycles. The summed E-state index contributed by atoms with van der Waals surface area (Å²) in [5.74, 6) is 1.50. The highest BCUT2D eigenvalue weighted by Crippen LogP contribution is 2.16. The minimum absolute atomic E-state index is 0.0450. The van der Waals surface area contributed by atoms with Crippen molar-refractivity contribution >= 4 is 5.82 Å². The molecule has 0 spiro atoms. The van der Waals surface area contributed by atoms with Crippen molar-refractivity contribution in [1.82, 2.24) is 9.97 Å². The Bertz CT molecular complexity index is 345. The topological polar surface area (TPSA) is 69.5 Å². The molecule has 1 heterocycles. The van der Waals surface area contributed by atoms with Gasteiger partial charge in [-0.1, -0.05) is 0 Å². The molecule has 1 aromatic rings. The maximum Gasteiger partial charge on any atom is 0.137 e. The van der Waals surface area contributed by atoms with Gasteiger partial charge in [0.2, 0.25) is 0 Å². The number of aliphatic hydroxyl groups is 2. The van der Waals surface area contributed by atoms with Gasteiger partial charge in [0.05, 0.1) is 6.61 Å². The lowest BCUT2D eigenvalue weighted by molar-refractivity contribution is 0.280. The van der Waals surface area contributed by atoms with Crippen LogP contribution >= 0.6 is 0 Å². The molecule has 0 saturated carbocycles. The monoisotopic (exact) mass is 239 g/mol. The van der Waals surface area contributed by atoms with Crippen molar-refractivity contribution < 1.29 is 10.2 Å². The van der Waals surface area contributed by atoms with E-state index < -0.39 is 0 Å². The number of aryl methyl sites for hydroxylation is 1. The van der Waals surface area contributed by atoms with E-state index in [0.29, 0.717) is 5.82 Å². The van der Waals surface area contributed by atoms with Crippen LogP contribution in [0.1, 0.15) is 30.7 Å². The van der Waals surface area contributed by atoms with E-state index in [0.717, 1.165) is 37.2 Å². The number of rotatable bonds is 7. The Balaban J connectivity index is 2.60. The van der Waals surface area contributed by atoms with E-state index in [1.54, 1.807) is 6.20 Å². The molecule has 5 heteroatoms. The van der Waals surface area contributed by atoms with Crippen LogP contribution in [0.2, 0.25) is 0 Å². The van der Waals surface area contributed by atoms with E-state index in [4.69, 9.17) is 5.11 Å². The van der Waals surface area contributed by atoms with Gasteiger partial charge < -0.3 is 15.1 Å². The van der Waals surface area contributed by atoms with E-state index in [-0.39, 0.29) is 13.2 Å². The van der Waals surface area contributed by atoms with Crippen LogP contribution in [0.3, 0.4) is 0 Å². The van der Waals surface area contributed by atoms with Gasteiger partial charge in [-0.25, -0.2) is 9.97 Å². The van der Waals surface area contributed by atoms with Crippen LogP contribution in [-0.4, -0.2) is 40.4 Å². The standard InChI is InChI=1S/C12H21N3O2/c1-10-13-8-11(9-17)12(14-10)15(2)6-4-3-5-7-16/h8,16-17H,3-7,9H2,1-2H3. The molecule has 2 N–H and O–H groups in total. The minimum Gasteiger partial charge on any atom is -0.396 e. The first-order valence-electron chi connectivity index (χ1n) is 5.94. The van der Waals surface area contributed by atoms with Crippen LogP contribution in [0.15, 0.2) is 6.20 Å². The van der Waals surface area contributed by atoms with Gasteiger partial charge in [0.1, 0.15) is 11.6 Å². The van der Waals surface area contributed by atoms with Gasteiger partial charge >= 0.3 is 0 Å². The lowest BCUT2D eigenvalue weighted by Gasteiger charge is -2.20. The first-order chi connectivity index (χ1) is 8.19. The molecule has 5 nitrogen and oxygen atoms in total. The number of hydrogen-bond donors (Lipinski definition) is 2. The number of aliphatic hydroxyl groups excluding tert-OH is 2. The average Bonchev–Trinajstić information content (AvgIpc) is 2.34. The van der Waals surface area contributed by atoms with Gasteiger partial charge in [-0.05, 0) is 26.2 Å². The third kappa shape index (κ3) is 4.28. The predicted molar refractivity (Wildman–Crippen MR) is 66.9 cm³/mol. The second kappa shape index (κ2) is 7.19. The van der Waals surface area contributed by atoms with Crippen molar-refractivity contribution in [3.05, 3.63) is 17.6 Å². The molecule has 0 saturated heterocycles. The lowest BCUT2D eigenvalue weighted by atomic mass is 10.2. The third-order valence-corrected chi connectivity index (χ3v) is 2.65. The van der Waals surface area contributed by atoms with Crippen LogP contribution in [-0.2, 0) is 6.61 Å². The van der Waals surface area contributed by atoms with Crippen LogP contribution in [0.4, 0.5) is 5.82 Å². The van der Waals surface area contributed by atoms with Crippen molar-refractivity contribution in [2.24, 2.45) is 0 Å². The molecule has 0 atom stereocenters. The summed E-state index contributed by atoms with van der Waals surface area (Å²) in [7, 11) is 1.96. The highest BCUT2D eigenvalue weighted by atomic mass is 16.3. The normalized spacial score (nSPS) is 10.6. The van der Waals surface area contributed by atoms with E-state index in [1.807, 2.05) is 18.9 Å². The van der Waals surface area contributed by atoms with Gasteiger partial charge in [-0.15, -0.1) is 0 Å². The average molecular weight is 239 g/mol. The molecule has 0 aliphatic carbocycles. The van der Waals surface area contributed by atoms with Gasteiger partial charge in [0.15, 0.2) is 0 Å². The molecule has 0 unspecified atom stereocenters. The SMILES string of the molecule is Cc1ncc(CO)c(N(C)CCCCCO)n1. The van der Waals surface area contributed by atoms with Crippen molar-refractivity contribution in [2.75, 3.05) is 25.1 Å². The summed E-state index contributed by atoms with van der Waals surface area (Å²) in [6.45, 7) is 2.91. The molecule has 0 amide bonds. The Morgan fingerprint density at radius 1 is 1.24 bits per heavy atom. The number of hydrogen-bond acceptors (Lipinski definition) is 5. The zero-order valence-electron chi connectivity index (χ0n) is 10.6. The van der Waals surface area contributed by atoms with Gasteiger partial charge in [0, 0.05) is 32.0 Å². The Hall–Kier alpha value is -1.20. The smallest absolute Gasteiger partial charge is 0.137 e. The molecule has 17 heavy (non-hydrogen) atoms. The number of unbranched alkanes of at least 4 members (excludes halogenated alkanes) is 2. The molecule has 96 valence electrons. The predicted octanol–water partition coefficient (Wildman–Crippen LogP) is 0.876. The van der Waals surface area contributed by atoms with Crippen molar-refractivity contribution in [3.63, 3.8) is 0 Å². The first kappa shape index (κ1) is 13.9. The second-order valence-corrected chi connectivity index (χ2v) is 4.13. The molecule has 1 aromatic heterocycles. The van der Waals surface area contributed by atoms with E-state index in [2.05, 4.69) is 9.97 Å². The van der Waals surface area contributed by atoms with Crippen LogP contribution in [0.5, 0.6) is 0 Å². The summed E-state index contributed by atoms with van der Waals surface area (Å²) < 4.78 is 0. The van der Waals surface area contributed by atoms with Gasteiger partial charge in [-0.2, -0.15) is 0 Å². The van der Waals surface area contributed by atoms with E-state index >= 15 is 0 Å². The Labute approximate surface area is 102 Å². The zero-order chi connectivity index (χ0) is 12.7. The highest BCUT2D eigenvalue weighted by Gasteiger charge is 2.09. The fourth-order valence-electron chi connectivity index (χ4n) is 1.67. The molecule has 0 radical (unpaired) electrons. The summed E-state index contributed by atoms with van der Waals surface area (Å²) >= 11 is 0. The fourth-order valence-corrected chi connectivity index (χ4v) is 1.67. The zero-order valence-corrected chi connectivity index (χ0v) is 10.6. The summed E-state index contributed by atoms with van der Waals surface area (Å²) in [6.07, 6.45) is 4.51. The molecule has 0 aliphatic rings. The summed E-state index contributed by atoms with van der Waals surface area (Å²) in [6, 6.07) is 0. The van der Waals surface area contributed by atoms with Crippen molar-refractivity contribution in [2.45, 2.75) is 32.8 Å². The van der Waals surface area contributed by atoms with Crippen LogP contribution in [0, 0.1) is 6.92 Å². The van der Waals surface area contributed by atoms with Gasteiger partial charge in [0.25, 0.3) is 0 Å². The fraction of sp³-hybridized carbons (Fsp3) is 0.667. The van der Waals surface area contributed by atoms with Crippen LogP contribution < -0.4 is 4.90 Å². The molecule has 1 rings (SSSR count).